The van der Waals surface area contributed by atoms with E-state index in [1.165, 1.54) is 7.11 Å². The lowest BCUT2D eigenvalue weighted by Gasteiger charge is -2.12. The summed E-state index contributed by atoms with van der Waals surface area (Å²) in [5.74, 6) is 2.53. The van der Waals surface area contributed by atoms with Crippen molar-refractivity contribution in [3.63, 3.8) is 0 Å². The predicted octanol–water partition coefficient (Wildman–Crippen LogP) is 5.07. The first kappa shape index (κ1) is 22.3. The van der Waals surface area contributed by atoms with Crippen molar-refractivity contribution in [3.05, 3.63) is 82.5 Å². The fourth-order valence-electron chi connectivity index (χ4n) is 3.00. The van der Waals surface area contributed by atoms with Crippen molar-refractivity contribution in [1.82, 2.24) is 15.2 Å². The highest BCUT2D eigenvalue weighted by Crippen LogP contribution is 2.30. The number of hydrogen-bond donors (Lipinski definition) is 1. The van der Waals surface area contributed by atoms with E-state index in [1.807, 2.05) is 30.3 Å². The highest BCUT2D eigenvalue weighted by Gasteiger charge is 2.19. The molecule has 0 aliphatic heterocycles. The first-order valence-corrected chi connectivity index (χ1v) is 10.9. The number of anilines is 1. The Balaban J connectivity index is 1.54. The summed E-state index contributed by atoms with van der Waals surface area (Å²) >= 11 is 7.01. The number of carbonyl (C=O) groups excluding carboxylic acids is 1. The number of rotatable bonds is 7. The molecular weight excluding hydrogens is 460 g/mol. The number of nitrogens with zero attached hydrogens (tertiary/aromatic N) is 3. The van der Waals surface area contributed by atoms with Crippen molar-refractivity contribution in [2.45, 2.75) is 6.61 Å². The monoisotopic (exact) mass is 476 g/mol. The predicted molar refractivity (Wildman–Crippen MR) is 128 cm³/mol. The van der Waals surface area contributed by atoms with Gasteiger partial charge in [0.25, 0.3) is 11.1 Å². The van der Waals surface area contributed by atoms with Crippen LogP contribution in [0.5, 0.6) is 11.1 Å². The van der Waals surface area contributed by atoms with E-state index in [9.17, 15) is 4.79 Å². The van der Waals surface area contributed by atoms with Gasteiger partial charge in [-0.1, -0.05) is 53.0 Å². The van der Waals surface area contributed by atoms with Crippen molar-refractivity contribution in [2.75, 3.05) is 12.4 Å². The number of halogens is 1. The van der Waals surface area contributed by atoms with Gasteiger partial charge < -0.3 is 9.47 Å². The third-order valence-electron chi connectivity index (χ3n) is 4.61. The average Bonchev–Trinajstić information content (AvgIpc) is 3.30. The summed E-state index contributed by atoms with van der Waals surface area (Å²) in [7, 11) is 1.48. The van der Waals surface area contributed by atoms with Crippen LogP contribution in [0.4, 0.5) is 5.13 Å². The van der Waals surface area contributed by atoms with Crippen LogP contribution in [-0.2, 0) is 6.61 Å². The van der Waals surface area contributed by atoms with Gasteiger partial charge in [0.1, 0.15) is 6.61 Å². The largest absolute Gasteiger partial charge is 0.481 e. The SMILES string of the molecule is C#Cc1ccccc1-c1cnc(OC)cc1C(=O)Nc1nnc(OCc2ccc(Cl)cc2)s1. The molecule has 1 N–H and O–H groups in total. The average molecular weight is 477 g/mol. The summed E-state index contributed by atoms with van der Waals surface area (Å²) in [6, 6.07) is 16.2. The Morgan fingerprint density at radius 1 is 1.15 bits per heavy atom. The summed E-state index contributed by atoms with van der Waals surface area (Å²) < 4.78 is 10.9. The molecule has 33 heavy (non-hydrogen) atoms. The van der Waals surface area contributed by atoms with Crippen molar-refractivity contribution < 1.29 is 14.3 Å². The third-order valence-corrected chi connectivity index (χ3v) is 5.61. The summed E-state index contributed by atoms with van der Waals surface area (Å²) in [6.45, 7) is 0.300. The summed E-state index contributed by atoms with van der Waals surface area (Å²) in [4.78, 5) is 17.4. The summed E-state index contributed by atoms with van der Waals surface area (Å²) in [5.41, 5.74) is 3.20. The van der Waals surface area contributed by atoms with E-state index in [1.54, 1.807) is 30.5 Å². The van der Waals surface area contributed by atoms with Crippen LogP contribution < -0.4 is 14.8 Å². The number of benzene rings is 2. The molecule has 4 aromatic rings. The molecule has 0 atom stereocenters. The highest BCUT2D eigenvalue weighted by atomic mass is 35.5. The van der Waals surface area contributed by atoms with Crippen LogP contribution in [0.1, 0.15) is 21.5 Å². The van der Waals surface area contributed by atoms with E-state index in [0.717, 1.165) is 16.9 Å². The second-order valence-corrected chi connectivity index (χ2v) is 8.08. The topological polar surface area (TPSA) is 86.2 Å². The van der Waals surface area contributed by atoms with Crippen LogP contribution in [-0.4, -0.2) is 28.2 Å². The maximum Gasteiger partial charge on any atom is 0.296 e. The molecule has 0 aliphatic carbocycles. The van der Waals surface area contributed by atoms with E-state index >= 15 is 0 Å². The van der Waals surface area contributed by atoms with Crippen molar-refractivity contribution in [2.24, 2.45) is 0 Å². The van der Waals surface area contributed by atoms with Crippen LogP contribution in [0.25, 0.3) is 11.1 Å². The maximum absolute atomic E-state index is 13.1. The Labute approximate surface area is 199 Å². The van der Waals surface area contributed by atoms with Gasteiger partial charge in [-0.15, -0.1) is 11.5 Å². The van der Waals surface area contributed by atoms with E-state index in [4.69, 9.17) is 27.5 Å². The third kappa shape index (κ3) is 5.29. The molecule has 164 valence electrons. The van der Waals surface area contributed by atoms with Gasteiger partial charge in [-0.3, -0.25) is 10.1 Å². The quantitative estimate of drug-likeness (QED) is 0.374. The van der Waals surface area contributed by atoms with Crippen LogP contribution in [0, 0.1) is 12.3 Å². The Hall–Kier alpha value is -3.93. The molecule has 0 saturated heterocycles. The molecule has 4 rings (SSSR count). The van der Waals surface area contributed by atoms with E-state index in [-0.39, 0.29) is 5.13 Å². The highest BCUT2D eigenvalue weighted by molar-refractivity contribution is 7.17. The zero-order valence-electron chi connectivity index (χ0n) is 17.4. The van der Waals surface area contributed by atoms with Crippen molar-refractivity contribution in [1.29, 1.82) is 0 Å². The molecule has 0 saturated carbocycles. The van der Waals surface area contributed by atoms with Gasteiger partial charge in [0.05, 0.1) is 12.7 Å². The molecule has 2 aromatic carbocycles. The molecule has 0 bridgehead atoms. The number of aromatic nitrogens is 3. The first-order valence-electron chi connectivity index (χ1n) is 9.69. The standard InChI is InChI=1S/C24H17ClN4O3S/c1-3-16-6-4-5-7-18(16)20-13-26-21(31-2)12-19(20)22(30)27-23-28-29-24(33-23)32-14-15-8-10-17(25)11-9-15/h1,4-13H,14H2,2H3,(H,27,28,30). The number of carbonyl (C=O) groups is 1. The number of nitrogens with one attached hydrogen (secondary N) is 1. The van der Waals surface area contributed by atoms with Crippen LogP contribution in [0.2, 0.25) is 5.02 Å². The normalized spacial score (nSPS) is 10.3. The Bertz CT molecular complexity index is 1330. The van der Waals surface area contributed by atoms with E-state index in [2.05, 4.69) is 26.4 Å². The molecule has 0 fully saturated rings. The molecule has 7 nitrogen and oxygen atoms in total. The number of ether oxygens (including phenoxy) is 2. The van der Waals surface area contributed by atoms with Gasteiger partial charge >= 0.3 is 0 Å². The second-order valence-electron chi connectivity index (χ2n) is 6.70. The lowest BCUT2D eigenvalue weighted by atomic mass is 9.97. The van der Waals surface area contributed by atoms with Gasteiger partial charge in [-0.25, -0.2) is 4.98 Å². The second kappa shape index (κ2) is 10.1. The summed E-state index contributed by atoms with van der Waals surface area (Å²) in [6.07, 6.45) is 7.20. The molecule has 2 heterocycles. The fourth-order valence-corrected chi connectivity index (χ4v) is 3.72. The Kier molecular flexibility index (Phi) is 6.83. The van der Waals surface area contributed by atoms with Crippen LogP contribution in [0.15, 0.2) is 60.8 Å². The van der Waals surface area contributed by atoms with Crippen LogP contribution >= 0.6 is 22.9 Å². The molecule has 0 radical (unpaired) electrons. The minimum Gasteiger partial charge on any atom is -0.481 e. The van der Waals surface area contributed by atoms with Crippen molar-refractivity contribution in [3.8, 4) is 34.5 Å². The number of hydrogen-bond acceptors (Lipinski definition) is 7. The van der Waals surface area contributed by atoms with Gasteiger partial charge in [0, 0.05) is 28.4 Å². The molecule has 2 aromatic heterocycles. The minimum absolute atomic E-state index is 0.290. The number of methoxy groups -OCH3 is 1. The van der Waals surface area contributed by atoms with Gasteiger partial charge in [0.2, 0.25) is 11.0 Å². The van der Waals surface area contributed by atoms with Crippen LogP contribution in [0.3, 0.4) is 0 Å². The molecule has 0 aliphatic rings. The molecule has 1 amide bonds. The zero-order chi connectivity index (χ0) is 23.2. The molecule has 9 heteroatoms. The lowest BCUT2D eigenvalue weighted by Crippen LogP contribution is -2.14. The zero-order valence-corrected chi connectivity index (χ0v) is 19.0. The van der Waals surface area contributed by atoms with Gasteiger partial charge in [-0.2, -0.15) is 0 Å². The first-order chi connectivity index (χ1) is 16.1. The fraction of sp³-hybridized carbons (Fsp3) is 0.0833. The lowest BCUT2D eigenvalue weighted by molar-refractivity contribution is 0.102. The minimum atomic E-state index is -0.405. The maximum atomic E-state index is 13.1. The smallest absolute Gasteiger partial charge is 0.296 e. The molecule has 0 unspecified atom stereocenters. The summed E-state index contributed by atoms with van der Waals surface area (Å²) in [5, 5.41) is 12.0. The van der Waals surface area contributed by atoms with Gasteiger partial charge in [0.15, 0.2) is 0 Å². The van der Waals surface area contributed by atoms with E-state index in [0.29, 0.717) is 45.0 Å². The van der Waals surface area contributed by atoms with Crippen molar-refractivity contribution >= 4 is 34.0 Å². The van der Waals surface area contributed by atoms with E-state index < -0.39 is 5.91 Å². The molecular formula is C24H17ClN4O3S. The Morgan fingerprint density at radius 2 is 1.94 bits per heavy atom. The molecule has 0 spiro atoms. The number of pyridine rings is 1. The number of terminal acetylenes is 1. The Morgan fingerprint density at radius 3 is 2.70 bits per heavy atom. The number of amides is 1. The van der Waals surface area contributed by atoms with Gasteiger partial charge in [-0.05, 0) is 40.7 Å².